The van der Waals surface area contributed by atoms with Crippen molar-refractivity contribution in [3.05, 3.63) is 0 Å². The van der Waals surface area contributed by atoms with Gasteiger partial charge in [0, 0.05) is 25.2 Å². The number of amides is 1. The third kappa shape index (κ3) is 5.65. The van der Waals surface area contributed by atoms with Crippen molar-refractivity contribution < 1.29 is 9.53 Å². The molecule has 0 spiro atoms. The number of hydrogen-bond donors (Lipinski definition) is 2. The summed E-state index contributed by atoms with van der Waals surface area (Å²) in [5.41, 5.74) is 5.46. The minimum Gasteiger partial charge on any atom is -0.374 e. The van der Waals surface area contributed by atoms with Crippen molar-refractivity contribution in [3.63, 3.8) is 0 Å². The van der Waals surface area contributed by atoms with Crippen LogP contribution >= 0.6 is 12.4 Å². The fraction of sp³-hybridized carbons (Fsp3) is 0.923. The lowest BCUT2D eigenvalue weighted by Crippen LogP contribution is -2.56. The number of rotatable bonds is 5. The van der Waals surface area contributed by atoms with Gasteiger partial charge in [0.15, 0.2) is 0 Å². The van der Waals surface area contributed by atoms with Gasteiger partial charge in [-0.2, -0.15) is 0 Å². The molecule has 3 N–H and O–H groups in total. The zero-order chi connectivity index (χ0) is 13.8. The summed E-state index contributed by atoms with van der Waals surface area (Å²) in [6.07, 6.45) is 0.966. The Morgan fingerprint density at radius 3 is 2.74 bits per heavy atom. The van der Waals surface area contributed by atoms with Crippen LogP contribution in [0.3, 0.4) is 0 Å². The molecule has 0 aliphatic carbocycles. The van der Waals surface area contributed by atoms with Crippen LogP contribution in [0.25, 0.3) is 0 Å². The third-order valence-electron chi connectivity index (χ3n) is 3.71. The first-order valence-corrected chi connectivity index (χ1v) is 6.77. The lowest BCUT2D eigenvalue weighted by Gasteiger charge is -2.37. The first-order chi connectivity index (χ1) is 8.39. The van der Waals surface area contributed by atoms with E-state index in [0.717, 1.165) is 19.5 Å². The fourth-order valence-corrected chi connectivity index (χ4v) is 1.93. The van der Waals surface area contributed by atoms with Crippen LogP contribution in [0.1, 0.15) is 34.1 Å². The summed E-state index contributed by atoms with van der Waals surface area (Å²) in [5.74, 6) is 0.0829. The molecule has 114 valence electrons. The highest BCUT2D eigenvalue weighted by Gasteiger charge is 2.29. The van der Waals surface area contributed by atoms with Crippen LogP contribution in [0.2, 0.25) is 0 Å². The van der Waals surface area contributed by atoms with E-state index in [0.29, 0.717) is 13.2 Å². The Morgan fingerprint density at radius 2 is 2.21 bits per heavy atom. The Labute approximate surface area is 122 Å². The Bertz CT molecular complexity index is 287. The highest BCUT2D eigenvalue weighted by molar-refractivity contribution is 5.85. The van der Waals surface area contributed by atoms with Crippen molar-refractivity contribution in [3.8, 4) is 0 Å². The Morgan fingerprint density at radius 1 is 1.58 bits per heavy atom. The van der Waals surface area contributed by atoms with Crippen molar-refractivity contribution in [1.29, 1.82) is 0 Å². The van der Waals surface area contributed by atoms with Gasteiger partial charge in [-0.05, 0) is 27.2 Å². The number of nitrogens with one attached hydrogen (secondary N) is 1. The van der Waals surface area contributed by atoms with Gasteiger partial charge in [-0.15, -0.1) is 12.4 Å². The molecule has 0 aromatic carbocycles. The molecule has 0 bridgehead atoms. The monoisotopic (exact) mass is 293 g/mol. The SMILES string of the molecule is CCC(C)(C)NC(=O)C(C)N1CCOC(CN)C1.Cl. The molecule has 2 unspecified atom stereocenters. The lowest BCUT2D eigenvalue weighted by molar-refractivity contribution is -0.130. The zero-order valence-corrected chi connectivity index (χ0v) is 13.3. The Hall–Kier alpha value is -0.360. The molecule has 1 aliphatic rings. The van der Waals surface area contributed by atoms with E-state index in [-0.39, 0.29) is 36.0 Å². The number of nitrogens with zero attached hydrogens (tertiary/aromatic N) is 1. The minimum absolute atomic E-state index is 0. The molecule has 1 rings (SSSR count). The van der Waals surface area contributed by atoms with Gasteiger partial charge in [0.25, 0.3) is 0 Å². The number of halogens is 1. The predicted octanol–water partition coefficient (Wildman–Crippen LogP) is 0.761. The van der Waals surface area contributed by atoms with E-state index in [1.807, 2.05) is 20.8 Å². The molecule has 1 saturated heterocycles. The highest BCUT2D eigenvalue weighted by Crippen LogP contribution is 2.11. The molecule has 0 saturated carbocycles. The molecule has 0 radical (unpaired) electrons. The molecular formula is C13H28ClN3O2. The van der Waals surface area contributed by atoms with Gasteiger partial charge in [-0.25, -0.2) is 0 Å². The summed E-state index contributed by atoms with van der Waals surface area (Å²) in [6, 6.07) is -0.131. The number of carbonyl (C=O) groups is 1. The number of hydrogen-bond acceptors (Lipinski definition) is 4. The second-order valence-electron chi connectivity index (χ2n) is 5.63. The average Bonchev–Trinajstić information content (AvgIpc) is 2.37. The largest absolute Gasteiger partial charge is 0.374 e. The Kier molecular flexibility index (Phi) is 7.89. The van der Waals surface area contributed by atoms with Gasteiger partial charge >= 0.3 is 0 Å². The topological polar surface area (TPSA) is 67.6 Å². The molecule has 19 heavy (non-hydrogen) atoms. The second kappa shape index (κ2) is 8.04. The number of nitrogens with two attached hydrogens (primary N) is 1. The van der Waals surface area contributed by atoms with Crippen LogP contribution in [0.15, 0.2) is 0 Å². The number of ether oxygens (including phenoxy) is 1. The smallest absolute Gasteiger partial charge is 0.237 e. The van der Waals surface area contributed by atoms with E-state index < -0.39 is 0 Å². The summed E-state index contributed by atoms with van der Waals surface area (Å²) < 4.78 is 5.51. The maximum atomic E-state index is 12.2. The first kappa shape index (κ1) is 18.6. The highest BCUT2D eigenvalue weighted by atomic mass is 35.5. The maximum absolute atomic E-state index is 12.2. The summed E-state index contributed by atoms with van der Waals surface area (Å²) in [4.78, 5) is 14.3. The molecule has 1 aliphatic heterocycles. The van der Waals surface area contributed by atoms with Crippen molar-refractivity contribution in [2.75, 3.05) is 26.2 Å². The Balaban J connectivity index is 0.00000324. The van der Waals surface area contributed by atoms with Crippen LogP contribution in [0, 0.1) is 0 Å². The average molecular weight is 294 g/mol. The lowest BCUT2D eigenvalue weighted by atomic mass is 10.0. The van der Waals surface area contributed by atoms with Gasteiger partial charge in [0.05, 0.1) is 18.8 Å². The van der Waals surface area contributed by atoms with Gasteiger partial charge in [-0.3, -0.25) is 9.69 Å². The summed E-state index contributed by atoms with van der Waals surface area (Å²) in [6.45, 7) is 10.8. The van der Waals surface area contributed by atoms with Gasteiger partial charge < -0.3 is 15.8 Å². The molecule has 5 nitrogen and oxygen atoms in total. The van der Waals surface area contributed by atoms with Crippen LogP contribution < -0.4 is 11.1 Å². The van der Waals surface area contributed by atoms with Crippen molar-refractivity contribution in [2.45, 2.75) is 51.8 Å². The van der Waals surface area contributed by atoms with E-state index in [9.17, 15) is 4.79 Å². The number of morpholine rings is 1. The fourth-order valence-electron chi connectivity index (χ4n) is 1.93. The quantitative estimate of drug-likeness (QED) is 0.785. The number of carbonyl (C=O) groups excluding carboxylic acids is 1. The molecule has 2 atom stereocenters. The molecule has 6 heteroatoms. The summed E-state index contributed by atoms with van der Waals surface area (Å²) in [5, 5.41) is 3.08. The van der Waals surface area contributed by atoms with E-state index in [4.69, 9.17) is 10.5 Å². The van der Waals surface area contributed by atoms with Crippen molar-refractivity contribution >= 4 is 18.3 Å². The first-order valence-electron chi connectivity index (χ1n) is 6.77. The van der Waals surface area contributed by atoms with E-state index in [1.165, 1.54) is 0 Å². The maximum Gasteiger partial charge on any atom is 0.237 e. The van der Waals surface area contributed by atoms with Crippen molar-refractivity contribution in [2.24, 2.45) is 5.73 Å². The van der Waals surface area contributed by atoms with Crippen LogP contribution in [0.5, 0.6) is 0 Å². The summed E-state index contributed by atoms with van der Waals surface area (Å²) >= 11 is 0. The van der Waals surface area contributed by atoms with Gasteiger partial charge in [0.1, 0.15) is 0 Å². The minimum atomic E-state index is -0.148. The van der Waals surface area contributed by atoms with Gasteiger partial charge in [-0.1, -0.05) is 6.92 Å². The zero-order valence-electron chi connectivity index (χ0n) is 12.4. The van der Waals surface area contributed by atoms with Crippen LogP contribution in [-0.4, -0.2) is 54.7 Å². The van der Waals surface area contributed by atoms with Crippen molar-refractivity contribution in [1.82, 2.24) is 10.2 Å². The predicted molar refractivity (Wildman–Crippen MR) is 79.6 cm³/mol. The third-order valence-corrected chi connectivity index (χ3v) is 3.71. The summed E-state index contributed by atoms with van der Waals surface area (Å²) in [7, 11) is 0. The van der Waals surface area contributed by atoms with E-state index in [2.05, 4.69) is 17.1 Å². The molecule has 0 aromatic rings. The van der Waals surface area contributed by atoms with Crippen LogP contribution in [0.4, 0.5) is 0 Å². The van der Waals surface area contributed by atoms with Gasteiger partial charge in [0.2, 0.25) is 5.91 Å². The van der Waals surface area contributed by atoms with E-state index in [1.54, 1.807) is 0 Å². The second-order valence-corrected chi connectivity index (χ2v) is 5.63. The van der Waals surface area contributed by atoms with E-state index >= 15 is 0 Å². The normalized spacial score (nSPS) is 22.5. The molecule has 1 amide bonds. The molecular weight excluding hydrogens is 266 g/mol. The molecule has 0 aromatic heterocycles. The molecule has 1 heterocycles. The standard InChI is InChI=1S/C13H27N3O2.ClH/c1-5-13(3,4)15-12(17)10(2)16-6-7-18-11(8-14)9-16;/h10-11H,5-9,14H2,1-4H3,(H,15,17);1H. The van der Waals surface area contributed by atoms with Crippen LogP contribution in [-0.2, 0) is 9.53 Å². The molecule has 1 fully saturated rings.